The van der Waals surface area contributed by atoms with Crippen LogP contribution in [0.5, 0.6) is 0 Å². The van der Waals surface area contributed by atoms with Crippen molar-refractivity contribution in [3.8, 4) is 0 Å². The van der Waals surface area contributed by atoms with Gasteiger partial charge in [0, 0.05) is 47.2 Å². The highest BCUT2D eigenvalue weighted by Crippen LogP contribution is 2.38. The Balaban J connectivity index is 1.36. The van der Waals surface area contributed by atoms with Gasteiger partial charge < -0.3 is 15.3 Å². The minimum Gasteiger partial charge on any atom is -0.390 e. The molecule has 2 fully saturated rings. The van der Waals surface area contributed by atoms with Gasteiger partial charge >= 0.3 is 0 Å². The molecule has 2 amide bonds. The lowest BCUT2D eigenvalue weighted by Crippen LogP contribution is -2.44. The molecule has 42 heavy (non-hydrogen) atoms. The van der Waals surface area contributed by atoms with E-state index in [9.17, 15) is 14.7 Å². The Morgan fingerprint density at radius 1 is 1.05 bits per heavy atom. The third-order valence-corrected chi connectivity index (χ3v) is 9.43. The van der Waals surface area contributed by atoms with Crippen molar-refractivity contribution in [1.82, 2.24) is 10.2 Å². The maximum absolute atomic E-state index is 13.3. The highest BCUT2D eigenvalue weighted by molar-refractivity contribution is 6.31. The van der Waals surface area contributed by atoms with Gasteiger partial charge in [0.05, 0.1) is 5.60 Å². The van der Waals surface area contributed by atoms with Gasteiger partial charge in [-0.15, -0.1) is 0 Å². The first-order chi connectivity index (χ1) is 20.0. The van der Waals surface area contributed by atoms with Crippen LogP contribution in [-0.4, -0.2) is 58.4 Å². The van der Waals surface area contributed by atoms with Crippen LogP contribution in [0.3, 0.4) is 0 Å². The Bertz CT molecular complexity index is 1320. The summed E-state index contributed by atoms with van der Waals surface area (Å²) in [5.74, 6) is 0.986. The molecule has 0 aromatic heterocycles. The summed E-state index contributed by atoms with van der Waals surface area (Å²) in [5.41, 5.74) is 3.40. The summed E-state index contributed by atoms with van der Waals surface area (Å²) in [6.07, 6.45) is 5.98. The lowest BCUT2D eigenvalue weighted by Gasteiger charge is -2.38. The van der Waals surface area contributed by atoms with Crippen LogP contribution >= 0.6 is 11.6 Å². The third-order valence-electron chi connectivity index (χ3n) is 9.19. The molecule has 1 saturated carbocycles. The lowest BCUT2D eigenvalue weighted by atomic mass is 9.83. The van der Waals surface area contributed by atoms with E-state index in [1.165, 1.54) is 11.1 Å². The molecule has 226 valence electrons. The van der Waals surface area contributed by atoms with E-state index in [2.05, 4.69) is 38.3 Å². The summed E-state index contributed by atoms with van der Waals surface area (Å²) in [4.78, 5) is 35.4. The highest BCUT2D eigenvalue weighted by atomic mass is 35.5. The second-order valence-electron chi connectivity index (χ2n) is 13.2. The number of nitrogens with one attached hydrogen (secondary N) is 1. The zero-order valence-corrected chi connectivity index (χ0v) is 26.2. The van der Waals surface area contributed by atoms with E-state index in [0.29, 0.717) is 22.9 Å². The summed E-state index contributed by atoms with van der Waals surface area (Å²) in [5, 5.41) is 14.0. The van der Waals surface area contributed by atoms with Gasteiger partial charge in [-0.25, -0.2) is 0 Å². The molecule has 2 aromatic carbocycles. The van der Waals surface area contributed by atoms with Crippen LogP contribution in [0.1, 0.15) is 87.7 Å². The van der Waals surface area contributed by atoms with Crippen molar-refractivity contribution >= 4 is 34.9 Å². The number of halogens is 1. The Labute approximate surface area is 255 Å². The molecule has 5 rings (SSSR count). The van der Waals surface area contributed by atoms with Crippen LogP contribution < -0.4 is 10.2 Å². The van der Waals surface area contributed by atoms with Crippen molar-refractivity contribution in [2.45, 2.75) is 96.9 Å². The number of amidine groups is 1. The fourth-order valence-electron chi connectivity index (χ4n) is 6.83. The van der Waals surface area contributed by atoms with E-state index >= 15 is 0 Å². The van der Waals surface area contributed by atoms with Crippen LogP contribution in [0.4, 0.5) is 5.69 Å². The first-order valence-electron chi connectivity index (χ1n) is 15.5. The van der Waals surface area contributed by atoms with E-state index < -0.39 is 5.60 Å². The molecule has 8 heteroatoms. The van der Waals surface area contributed by atoms with E-state index in [-0.39, 0.29) is 29.8 Å². The number of carbonyl (C=O) groups is 2. The van der Waals surface area contributed by atoms with Crippen molar-refractivity contribution in [2.24, 2.45) is 16.8 Å². The van der Waals surface area contributed by atoms with Crippen molar-refractivity contribution in [3.63, 3.8) is 0 Å². The Morgan fingerprint density at radius 2 is 1.76 bits per heavy atom. The van der Waals surface area contributed by atoms with Crippen LogP contribution in [-0.2, 0) is 17.8 Å². The number of hydrogen-bond donors (Lipinski definition) is 2. The number of fused-ring (bicyclic) bond motifs is 1. The van der Waals surface area contributed by atoms with Crippen molar-refractivity contribution in [3.05, 3.63) is 64.2 Å². The fraction of sp³-hybridized carbons (Fsp3) is 0.559. The van der Waals surface area contributed by atoms with Crippen LogP contribution in [0.15, 0.2) is 47.5 Å². The molecular weight excluding hydrogens is 548 g/mol. The molecule has 0 spiro atoms. The molecule has 0 unspecified atom stereocenters. The zero-order valence-electron chi connectivity index (χ0n) is 25.4. The number of piperidine rings is 1. The number of anilines is 1. The van der Waals surface area contributed by atoms with E-state index in [0.717, 1.165) is 69.7 Å². The second-order valence-corrected chi connectivity index (χ2v) is 13.7. The maximum atomic E-state index is 13.3. The molecule has 2 aromatic rings. The molecular formula is C34H45ClN4O3. The minimum atomic E-state index is -0.632. The van der Waals surface area contributed by atoms with Gasteiger partial charge in [-0.2, -0.15) is 4.99 Å². The second kappa shape index (κ2) is 12.9. The monoisotopic (exact) mass is 592 g/mol. The van der Waals surface area contributed by atoms with Crippen LogP contribution in [0, 0.1) is 11.8 Å². The van der Waals surface area contributed by atoms with Crippen molar-refractivity contribution in [1.29, 1.82) is 0 Å². The molecule has 0 radical (unpaired) electrons. The number of aliphatic hydroxyl groups is 1. The van der Waals surface area contributed by atoms with E-state index in [1.807, 2.05) is 27.7 Å². The van der Waals surface area contributed by atoms with E-state index in [4.69, 9.17) is 11.6 Å². The fourth-order valence-corrected chi connectivity index (χ4v) is 7.02. The number of rotatable bonds is 7. The van der Waals surface area contributed by atoms with E-state index in [1.54, 1.807) is 24.3 Å². The average molecular weight is 593 g/mol. The highest BCUT2D eigenvalue weighted by Gasteiger charge is 2.37. The number of amides is 2. The Hall–Kier alpha value is -2.74. The smallest absolute Gasteiger partial charge is 0.278 e. The van der Waals surface area contributed by atoms with Crippen molar-refractivity contribution in [2.75, 3.05) is 18.0 Å². The van der Waals surface area contributed by atoms with Crippen LogP contribution in [0.25, 0.3) is 0 Å². The van der Waals surface area contributed by atoms with Crippen LogP contribution in [0.2, 0.25) is 5.02 Å². The lowest BCUT2D eigenvalue weighted by molar-refractivity contribution is -0.126. The molecule has 2 N–H and O–H groups in total. The predicted octanol–water partition coefficient (Wildman–Crippen LogP) is 6.01. The maximum Gasteiger partial charge on any atom is 0.278 e. The molecule has 2 heterocycles. The number of carbonyl (C=O) groups excluding carboxylic acids is 2. The number of likely N-dealkylation sites (tertiary alicyclic amines) is 1. The molecule has 2 aliphatic heterocycles. The molecule has 1 saturated heterocycles. The zero-order chi connectivity index (χ0) is 30.0. The van der Waals surface area contributed by atoms with Gasteiger partial charge in [0.1, 0.15) is 5.84 Å². The summed E-state index contributed by atoms with van der Waals surface area (Å²) in [7, 11) is 0. The van der Waals surface area contributed by atoms with Gasteiger partial charge in [0.15, 0.2) is 0 Å². The molecule has 7 nitrogen and oxygen atoms in total. The number of hydrogen-bond acceptors (Lipinski definition) is 4. The summed E-state index contributed by atoms with van der Waals surface area (Å²) in [6, 6.07) is 13.9. The standard InChI is InChI=1S/C34H45ClN4O3/c1-22(2)36-32(40)24-10-12-29(13-11-24)39-30-18-23(21-38-16-14-27(15-17-38)34(3,4)42)8-9-25(30)20-31(39)37-33(41)26-6-5-7-28(35)19-26/h5-9,18-19,22,24,27,29,42H,10-17,20-21H2,1-4H3,(H,36,40). The summed E-state index contributed by atoms with van der Waals surface area (Å²) in [6.45, 7) is 10.6. The Kier molecular flexibility index (Phi) is 9.41. The Morgan fingerprint density at radius 3 is 2.40 bits per heavy atom. The normalized spacial score (nSPS) is 22.9. The minimum absolute atomic E-state index is 0.0253. The molecule has 0 bridgehead atoms. The summed E-state index contributed by atoms with van der Waals surface area (Å²) < 4.78 is 0. The predicted molar refractivity (Wildman–Crippen MR) is 169 cm³/mol. The van der Waals surface area contributed by atoms with Gasteiger partial charge in [-0.3, -0.25) is 14.5 Å². The molecule has 1 aliphatic carbocycles. The van der Waals surface area contributed by atoms with Crippen molar-refractivity contribution < 1.29 is 14.7 Å². The number of aliphatic imine (C=N–C) groups is 1. The quantitative estimate of drug-likeness (QED) is 0.411. The molecule has 0 atom stereocenters. The van der Waals surface area contributed by atoms with Gasteiger partial charge in [-0.05, 0) is 121 Å². The SMILES string of the molecule is CC(C)NC(=O)C1CCC(N2C(=NC(=O)c3cccc(Cl)c3)Cc3ccc(CN4CCC(C(C)(C)O)CC4)cc32)CC1. The first kappa shape index (κ1) is 30.7. The number of nitrogens with zero attached hydrogens (tertiary/aromatic N) is 3. The van der Waals surface area contributed by atoms with Gasteiger partial charge in [0.2, 0.25) is 5.91 Å². The largest absolute Gasteiger partial charge is 0.390 e. The number of benzene rings is 2. The first-order valence-corrected chi connectivity index (χ1v) is 15.9. The average Bonchev–Trinajstić information content (AvgIpc) is 3.29. The van der Waals surface area contributed by atoms with Gasteiger partial charge in [-0.1, -0.05) is 29.8 Å². The van der Waals surface area contributed by atoms with Gasteiger partial charge in [0.25, 0.3) is 5.91 Å². The third kappa shape index (κ3) is 7.24. The molecule has 3 aliphatic rings. The topological polar surface area (TPSA) is 85.2 Å². The summed E-state index contributed by atoms with van der Waals surface area (Å²) >= 11 is 6.17.